The molecule has 0 aromatic heterocycles. The summed E-state index contributed by atoms with van der Waals surface area (Å²) in [7, 11) is 3.04. The summed E-state index contributed by atoms with van der Waals surface area (Å²) < 4.78 is 17.6. The Bertz CT molecular complexity index is 1240. The monoisotopic (exact) mass is 607 g/mol. The van der Waals surface area contributed by atoms with Crippen molar-refractivity contribution in [2.45, 2.75) is 13.3 Å². The first-order chi connectivity index (χ1) is 16.7. The summed E-state index contributed by atoms with van der Waals surface area (Å²) in [6.07, 6.45) is -0.141. The number of phenolic OH excluding ortho intramolecular Hbond substituents is 1. The fourth-order valence-corrected chi connectivity index (χ4v) is 4.88. The number of halogens is 2. The summed E-state index contributed by atoms with van der Waals surface area (Å²) in [4.78, 5) is 25.9. The molecule has 0 unspecified atom stereocenters. The molecule has 0 spiro atoms. The molecule has 0 atom stereocenters. The van der Waals surface area contributed by atoms with Crippen molar-refractivity contribution in [1.82, 2.24) is 0 Å². The summed E-state index contributed by atoms with van der Waals surface area (Å²) in [5, 5.41) is 19.5. The zero-order chi connectivity index (χ0) is 25.7. The van der Waals surface area contributed by atoms with Gasteiger partial charge in [-0.2, -0.15) is 0 Å². The first-order valence-electron chi connectivity index (χ1n) is 10.4. The Labute approximate surface area is 219 Å². The quantitative estimate of drug-likeness (QED) is 0.306. The lowest BCUT2D eigenvalue weighted by atomic mass is 10.1. The van der Waals surface area contributed by atoms with Gasteiger partial charge in [-0.25, -0.2) is 0 Å². The molecule has 8 nitrogen and oxygen atoms in total. The number of amides is 1. The van der Waals surface area contributed by atoms with E-state index >= 15 is 0 Å². The molecule has 0 bridgehead atoms. The number of hydrogen-bond donors (Lipinski definition) is 2. The second kappa shape index (κ2) is 11.5. The van der Waals surface area contributed by atoms with E-state index in [0.717, 1.165) is 0 Å². The molecule has 0 aliphatic carbocycles. The smallest absolute Gasteiger partial charge is 0.307 e. The van der Waals surface area contributed by atoms with Crippen LogP contribution in [0.3, 0.4) is 0 Å². The van der Waals surface area contributed by atoms with E-state index in [1.165, 1.54) is 37.3 Å². The molecular weight excluding hydrogens is 586 g/mol. The highest BCUT2D eigenvalue weighted by atomic mass is 79.9. The fraction of sp³-hybridized carbons (Fsp3) is 0.200. The van der Waals surface area contributed by atoms with Crippen molar-refractivity contribution in [1.29, 1.82) is 0 Å². The van der Waals surface area contributed by atoms with Gasteiger partial charge in [-0.1, -0.05) is 0 Å². The van der Waals surface area contributed by atoms with Crippen LogP contribution in [0.4, 0.5) is 5.69 Å². The number of benzene rings is 3. The Morgan fingerprint density at radius 1 is 0.943 bits per heavy atom. The Morgan fingerprint density at radius 2 is 1.60 bits per heavy atom. The molecule has 0 aliphatic rings. The number of aliphatic carboxylic acids is 1. The summed E-state index contributed by atoms with van der Waals surface area (Å²) >= 11 is 6.81. The van der Waals surface area contributed by atoms with Crippen LogP contribution in [-0.4, -0.2) is 42.9 Å². The third kappa shape index (κ3) is 6.07. The van der Waals surface area contributed by atoms with Crippen molar-refractivity contribution >= 4 is 49.4 Å². The zero-order valence-electron chi connectivity index (χ0n) is 19.2. The number of hydrogen-bond acceptors (Lipinski definition) is 6. The number of methoxy groups -OCH3 is 2. The number of nitrogens with zero attached hydrogens (tertiary/aromatic N) is 1. The van der Waals surface area contributed by atoms with Gasteiger partial charge in [0.15, 0.2) is 17.2 Å². The predicted molar refractivity (Wildman–Crippen MR) is 138 cm³/mol. The highest BCUT2D eigenvalue weighted by Crippen LogP contribution is 2.39. The molecule has 35 heavy (non-hydrogen) atoms. The van der Waals surface area contributed by atoms with Crippen LogP contribution in [0.1, 0.15) is 22.8 Å². The highest BCUT2D eigenvalue weighted by molar-refractivity contribution is 9.11. The topological polar surface area (TPSA) is 106 Å². The van der Waals surface area contributed by atoms with Crippen molar-refractivity contribution in [3.8, 4) is 28.7 Å². The van der Waals surface area contributed by atoms with Gasteiger partial charge in [0.1, 0.15) is 11.5 Å². The lowest BCUT2D eigenvalue weighted by molar-refractivity contribution is -0.136. The molecule has 2 N–H and O–H groups in total. The Balaban J connectivity index is 1.93. The van der Waals surface area contributed by atoms with Crippen LogP contribution in [0, 0.1) is 0 Å². The molecule has 3 aromatic carbocycles. The van der Waals surface area contributed by atoms with Crippen LogP contribution in [0.15, 0.2) is 57.5 Å². The highest BCUT2D eigenvalue weighted by Gasteiger charge is 2.22. The summed E-state index contributed by atoms with van der Waals surface area (Å²) in [5.41, 5.74) is 1.20. The van der Waals surface area contributed by atoms with Crippen molar-refractivity contribution in [2.75, 3.05) is 25.7 Å². The first-order valence-corrected chi connectivity index (χ1v) is 12.0. The number of carboxylic acids is 1. The van der Waals surface area contributed by atoms with E-state index in [2.05, 4.69) is 31.9 Å². The number of phenols is 1. The molecule has 1 amide bonds. The van der Waals surface area contributed by atoms with Crippen LogP contribution >= 0.6 is 31.9 Å². The van der Waals surface area contributed by atoms with Crippen LogP contribution in [0.5, 0.6) is 28.7 Å². The summed E-state index contributed by atoms with van der Waals surface area (Å²) in [6.45, 7) is 2.15. The van der Waals surface area contributed by atoms with Gasteiger partial charge < -0.3 is 29.3 Å². The van der Waals surface area contributed by atoms with E-state index in [1.54, 1.807) is 30.3 Å². The van der Waals surface area contributed by atoms with Crippen molar-refractivity contribution in [3.63, 3.8) is 0 Å². The molecule has 3 rings (SSSR count). The Kier molecular flexibility index (Phi) is 8.63. The standard InChI is InChI=1S/C25H23Br2NO7/c1-4-28(15-5-8-21(33-2)22(12-15)34-3)25(32)17-13-16(6-7-20(17)29)35-24-18(26)9-14(10-19(24)27)11-23(30)31/h5-10,12-13,29H,4,11H2,1-3H3,(H,30,31). The molecule has 0 aliphatic heterocycles. The number of anilines is 1. The zero-order valence-corrected chi connectivity index (χ0v) is 22.3. The van der Waals surface area contributed by atoms with Crippen LogP contribution in [0.2, 0.25) is 0 Å². The Morgan fingerprint density at radius 3 is 2.17 bits per heavy atom. The van der Waals surface area contributed by atoms with Crippen LogP contribution in [-0.2, 0) is 11.2 Å². The fourth-order valence-electron chi connectivity index (χ4n) is 3.44. The normalized spacial score (nSPS) is 10.5. The maximum Gasteiger partial charge on any atom is 0.307 e. The van der Waals surface area contributed by atoms with E-state index in [4.69, 9.17) is 19.3 Å². The lowest BCUT2D eigenvalue weighted by Crippen LogP contribution is -2.30. The second-order valence-electron chi connectivity index (χ2n) is 7.33. The number of carbonyl (C=O) groups excluding carboxylic acids is 1. The van der Waals surface area contributed by atoms with Crippen LogP contribution < -0.4 is 19.1 Å². The van der Waals surface area contributed by atoms with Gasteiger partial charge in [-0.15, -0.1) is 0 Å². The van der Waals surface area contributed by atoms with Crippen LogP contribution in [0.25, 0.3) is 0 Å². The van der Waals surface area contributed by atoms with Gasteiger partial charge >= 0.3 is 5.97 Å². The number of carboxylic acid groups (broad SMARTS) is 1. The van der Waals surface area contributed by atoms with Gasteiger partial charge in [0.25, 0.3) is 5.91 Å². The van der Waals surface area contributed by atoms with Crippen molar-refractivity contribution in [3.05, 3.63) is 68.6 Å². The average molecular weight is 609 g/mol. The van der Waals surface area contributed by atoms with E-state index in [-0.39, 0.29) is 17.7 Å². The minimum absolute atomic E-state index is 0.0499. The van der Waals surface area contributed by atoms with E-state index < -0.39 is 11.9 Å². The molecule has 184 valence electrons. The van der Waals surface area contributed by atoms with Gasteiger partial charge in [-0.05, 0) is 86.8 Å². The van der Waals surface area contributed by atoms with E-state index in [9.17, 15) is 14.7 Å². The predicted octanol–water partition coefficient (Wildman–Crippen LogP) is 6.02. The molecule has 0 saturated carbocycles. The molecule has 0 heterocycles. The molecule has 0 radical (unpaired) electrons. The number of rotatable bonds is 9. The first kappa shape index (κ1) is 26.4. The third-order valence-corrected chi connectivity index (χ3v) is 6.25. The Hall–Kier alpha value is -3.24. The van der Waals surface area contributed by atoms with Gasteiger partial charge in [-0.3, -0.25) is 9.59 Å². The van der Waals surface area contributed by atoms with Gasteiger partial charge in [0.2, 0.25) is 0 Å². The molecule has 0 fully saturated rings. The number of ether oxygens (including phenoxy) is 3. The van der Waals surface area contributed by atoms with E-state index in [0.29, 0.717) is 49.7 Å². The molecule has 3 aromatic rings. The average Bonchev–Trinajstić information content (AvgIpc) is 2.82. The largest absolute Gasteiger partial charge is 0.507 e. The second-order valence-corrected chi connectivity index (χ2v) is 9.04. The van der Waals surface area contributed by atoms with Crippen molar-refractivity contribution < 1.29 is 34.0 Å². The molecule has 0 saturated heterocycles. The summed E-state index contributed by atoms with van der Waals surface area (Å²) in [5.74, 6) is 0.127. The van der Waals surface area contributed by atoms with Crippen molar-refractivity contribution in [2.24, 2.45) is 0 Å². The lowest BCUT2D eigenvalue weighted by Gasteiger charge is -2.23. The van der Waals surface area contributed by atoms with Gasteiger partial charge in [0.05, 0.1) is 35.1 Å². The van der Waals surface area contributed by atoms with Gasteiger partial charge in [0, 0.05) is 18.3 Å². The maximum absolute atomic E-state index is 13.4. The minimum Gasteiger partial charge on any atom is -0.507 e. The third-order valence-electron chi connectivity index (χ3n) is 5.07. The maximum atomic E-state index is 13.4. The summed E-state index contributed by atoms with van der Waals surface area (Å²) in [6, 6.07) is 12.8. The number of carbonyl (C=O) groups is 2. The number of aromatic hydroxyl groups is 1. The van der Waals surface area contributed by atoms with E-state index in [1.807, 2.05) is 6.92 Å². The minimum atomic E-state index is -0.950. The SMILES string of the molecule is CCN(C(=O)c1cc(Oc2c(Br)cc(CC(=O)O)cc2Br)ccc1O)c1ccc(OC)c(OC)c1. The molecular formula is C25H23Br2NO7. The molecule has 10 heteroatoms.